The molecule has 1 aromatic heterocycles. The van der Waals surface area contributed by atoms with Gasteiger partial charge in [0, 0.05) is 5.56 Å². The first-order valence-electron chi connectivity index (χ1n) is 12.1. The van der Waals surface area contributed by atoms with E-state index in [2.05, 4.69) is 4.98 Å². The second-order valence-electron chi connectivity index (χ2n) is 8.49. The van der Waals surface area contributed by atoms with Gasteiger partial charge in [0.2, 0.25) is 5.75 Å². The van der Waals surface area contributed by atoms with Gasteiger partial charge in [-0.1, -0.05) is 23.5 Å². The molecule has 0 radical (unpaired) electrons. The number of hydrogen-bond acceptors (Lipinski definition) is 11. The largest absolute Gasteiger partial charge is 0.507 e. The van der Waals surface area contributed by atoms with Gasteiger partial charge in [-0.2, -0.15) is 0 Å². The van der Waals surface area contributed by atoms with E-state index in [4.69, 9.17) is 23.7 Å². The maximum absolute atomic E-state index is 13.6. The van der Waals surface area contributed by atoms with E-state index in [9.17, 15) is 19.5 Å². The van der Waals surface area contributed by atoms with Crippen molar-refractivity contribution >= 4 is 39.9 Å². The topological polar surface area (TPSA) is 134 Å². The predicted molar refractivity (Wildman–Crippen MR) is 147 cm³/mol. The second kappa shape index (κ2) is 11.7. The van der Waals surface area contributed by atoms with E-state index in [0.29, 0.717) is 29.4 Å². The molecule has 1 N–H and O–H groups in total. The fourth-order valence-electron chi connectivity index (χ4n) is 4.43. The van der Waals surface area contributed by atoms with Crippen LogP contribution < -0.4 is 23.8 Å². The number of aliphatic hydroxyl groups is 1. The van der Waals surface area contributed by atoms with Gasteiger partial charge < -0.3 is 28.8 Å². The predicted octanol–water partition coefficient (Wildman–Crippen LogP) is 4.29. The van der Waals surface area contributed by atoms with Crippen LogP contribution in [-0.4, -0.2) is 62.8 Å². The van der Waals surface area contributed by atoms with Crippen LogP contribution in [0.15, 0.2) is 42.0 Å². The quantitative estimate of drug-likeness (QED) is 0.172. The number of hydrogen-bond donors (Lipinski definition) is 1. The first kappa shape index (κ1) is 28.4. The lowest BCUT2D eigenvalue weighted by Crippen LogP contribution is -2.29. The fraction of sp³-hybridized carbons (Fsp3) is 0.286. The van der Waals surface area contributed by atoms with E-state index < -0.39 is 29.5 Å². The highest BCUT2D eigenvalue weighted by Crippen LogP contribution is 2.48. The summed E-state index contributed by atoms with van der Waals surface area (Å²) < 4.78 is 26.8. The fourth-order valence-corrected chi connectivity index (χ4v) is 5.44. The average Bonchev–Trinajstić information content (AvgIpc) is 3.47. The number of methoxy groups -OCH3 is 4. The number of carbonyl (C=O) groups excluding carboxylic acids is 3. The summed E-state index contributed by atoms with van der Waals surface area (Å²) in [6.07, 6.45) is 0. The van der Waals surface area contributed by atoms with Crippen molar-refractivity contribution in [3.05, 3.63) is 63.7 Å². The van der Waals surface area contributed by atoms with Crippen LogP contribution in [0.5, 0.6) is 23.0 Å². The van der Waals surface area contributed by atoms with Crippen LogP contribution in [-0.2, 0) is 14.3 Å². The normalized spacial score (nSPS) is 16.1. The number of aliphatic hydroxyl groups excluding tert-OH is 1. The molecule has 4 rings (SSSR count). The van der Waals surface area contributed by atoms with Gasteiger partial charge in [0.15, 0.2) is 16.6 Å². The number of aryl methyl sites for hydroxylation is 1. The van der Waals surface area contributed by atoms with Crippen LogP contribution >= 0.6 is 11.3 Å². The van der Waals surface area contributed by atoms with E-state index in [1.807, 2.05) is 6.92 Å². The van der Waals surface area contributed by atoms with Crippen molar-refractivity contribution < 1.29 is 43.2 Å². The standard InChI is InChI=1S/C28H28N2O9S/c1-7-39-17-10-8-9-15(11-17)22(31)20-21(16-12-18(35-3)24(37-5)19(13-16)36-4)30(26(33)23(20)32)28-29-14(2)25(40-28)27(34)38-6/h8-13,21,31H,7H2,1-6H3/b22-20+. The number of ether oxygens (including phenoxy) is 5. The summed E-state index contributed by atoms with van der Waals surface area (Å²) >= 11 is 0.896. The van der Waals surface area contributed by atoms with Crippen molar-refractivity contribution in [3.8, 4) is 23.0 Å². The summed E-state index contributed by atoms with van der Waals surface area (Å²) in [6.45, 7) is 3.81. The molecule has 3 aromatic rings. The molecule has 1 saturated heterocycles. The highest BCUT2D eigenvalue weighted by atomic mass is 32.1. The Hall–Kier alpha value is -4.58. The summed E-state index contributed by atoms with van der Waals surface area (Å²) in [7, 11) is 5.55. The maximum atomic E-state index is 13.6. The molecule has 0 bridgehead atoms. The number of thiazole rings is 1. The Morgan fingerprint density at radius 2 is 1.73 bits per heavy atom. The zero-order chi connectivity index (χ0) is 29.1. The monoisotopic (exact) mass is 568 g/mol. The Bertz CT molecular complexity index is 1490. The number of aromatic nitrogens is 1. The van der Waals surface area contributed by atoms with E-state index in [-0.39, 0.29) is 32.6 Å². The minimum Gasteiger partial charge on any atom is -0.507 e. The molecule has 1 amide bonds. The van der Waals surface area contributed by atoms with Crippen LogP contribution in [0.2, 0.25) is 0 Å². The molecule has 2 aromatic carbocycles. The Balaban J connectivity index is 2.01. The summed E-state index contributed by atoms with van der Waals surface area (Å²) in [5.74, 6) is -1.61. The smallest absolute Gasteiger partial charge is 0.350 e. The number of benzene rings is 2. The Kier molecular flexibility index (Phi) is 8.29. The molecule has 0 aliphatic carbocycles. The zero-order valence-electron chi connectivity index (χ0n) is 22.8. The van der Waals surface area contributed by atoms with Crippen molar-refractivity contribution in [1.82, 2.24) is 4.98 Å². The van der Waals surface area contributed by atoms with Gasteiger partial charge in [-0.25, -0.2) is 9.78 Å². The zero-order valence-corrected chi connectivity index (χ0v) is 23.6. The van der Waals surface area contributed by atoms with Crippen molar-refractivity contribution in [2.24, 2.45) is 0 Å². The van der Waals surface area contributed by atoms with E-state index in [1.165, 1.54) is 28.4 Å². The first-order valence-corrected chi connectivity index (χ1v) is 12.9. The molecular weight excluding hydrogens is 540 g/mol. The lowest BCUT2D eigenvalue weighted by Gasteiger charge is -2.24. The number of ketones is 1. The van der Waals surface area contributed by atoms with Crippen LogP contribution in [0.3, 0.4) is 0 Å². The van der Waals surface area contributed by atoms with Gasteiger partial charge in [-0.3, -0.25) is 14.5 Å². The average molecular weight is 569 g/mol. The van der Waals surface area contributed by atoms with Gasteiger partial charge in [-0.05, 0) is 43.7 Å². The highest BCUT2D eigenvalue weighted by Gasteiger charge is 2.49. The van der Waals surface area contributed by atoms with Crippen molar-refractivity contribution in [1.29, 1.82) is 0 Å². The lowest BCUT2D eigenvalue weighted by molar-refractivity contribution is -0.132. The molecule has 12 heteroatoms. The maximum Gasteiger partial charge on any atom is 0.350 e. The van der Waals surface area contributed by atoms with Gasteiger partial charge in [-0.15, -0.1) is 0 Å². The van der Waals surface area contributed by atoms with Gasteiger partial charge in [0.05, 0.1) is 52.4 Å². The summed E-state index contributed by atoms with van der Waals surface area (Å²) in [5.41, 5.74) is 0.762. The molecule has 210 valence electrons. The van der Waals surface area contributed by atoms with Crippen molar-refractivity contribution in [2.75, 3.05) is 39.9 Å². The molecule has 1 aliphatic rings. The summed E-state index contributed by atoms with van der Waals surface area (Å²) in [4.78, 5) is 45.2. The van der Waals surface area contributed by atoms with Crippen LogP contribution in [0.4, 0.5) is 5.13 Å². The molecule has 1 unspecified atom stereocenters. The van der Waals surface area contributed by atoms with Crippen LogP contribution in [0.1, 0.15) is 39.5 Å². The van der Waals surface area contributed by atoms with E-state index >= 15 is 0 Å². The first-order chi connectivity index (χ1) is 19.2. The molecule has 1 fully saturated rings. The van der Waals surface area contributed by atoms with Gasteiger partial charge in [0.25, 0.3) is 5.78 Å². The van der Waals surface area contributed by atoms with Crippen molar-refractivity contribution in [3.63, 3.8) is 0 Å². The Morgan fingerprint density at radius 1 is 1.05 bits per heavy atom. The number of amides is 1. The summed E-state index contributed by atoms with van der Waals surface area (Å²) in [5, 5.41) is 11.6. The number of nitrogens with zero attached hydrogens (tertiary/aromatic N) is 2. The minimum absolute atomic E-state index is 0.0702. The van der Waals surface area contributed by atoms with Crippen LogP contribution in [0.25, 0.3) is 5.76 Å². The van der Waals surface area contributed by atoms with E-state index in [1.54, 1.807) is 43.3 Å². The molecule has 11 nitrogen and oxygen atoms in total. The van der Waals surface area contributed by atoms with Gasteiger partial charge in [0.1, 0.15) is 16.4 Å². The molecule has 1 aliphatic heterocycles. The highest BCUT2D eigenvalue weighted by molar-refractivity contribution is 7.17. The molecular formula is C28H28N2O9S. The molecule has 1 atom stereocenters. The molecule has 0 saturated carbocycles. The Labute approximate surface area is 234 Å². The third-order valence-corrected chi connectivity index (χ3v) is 7.36. The molecule has 2 heterocycles. The third-order valence-electron chi connectivity index (χ3n) is 6.23. The Morgan fingerprint density at radius 3 is 2.30 bits per heavy atom. The SMILES string of the molecule is CCOc1cccc(/C(O)=C2\C(=O)C(=O)N(c3nc(C)c(C(=O)OC)s3)C2c2cc(OC)c(OC)c(OC)c2)c1. The third kappa shape index (κ3) is 4.93. The number of esters is 1. The molecule has 0 spiro atoms. The number of rotatable bonds is 9. The second-order valence-corrected chi connectivity index (χ2v) is 9.47. The van der Waals surface area contributed by atoms with Gasteiger partial charge >= 0.3 is 11.9 Å². The summed E-state index contributed by atoms with van der Waals surface area (Å²) in [6, 6.07) is 8.54. The van der Waals surface area contributed by atoms with Crippen LogP contribution in [0, 0.1) is 6.92 Å². The lowest BCUT2D eigenvalue weighted by atomic mass is 9.94. The number of Topliss-reactive ketones (excluding diaryl/α,β-unsaturated/α-hetero) is 1. The van der Waals surface area contributed by atoms with E-state index in [0.717, 1.165) is 16.2 Å². The number of carbonyl (C=O) groups is 3. The van der Waals surface area contributed by atoms with Crippen molar-refractivity contribution in [2.45, 2.75) is 19.9 Å². The number of anilines is 1. The minimum atomic E-state index is -1.17. The molecule has 40 heavy (non-hydrogen) atoms.